The Labute approximate surface area is 216 Å². The van der Waals surface area contributed by atoms with Crippen LogP contribution in [-0.4, -0.2) is 59.9 Å². The number of ether oxygens (including phenoxy) is 2. The Morgan fingerprint density at radius 2 is 1.81 bits per heavy atom. The van der Waals surface area contributed by atoms with Crippen molar-refractivity contribution in [3.05, 3.63) is 95.1 Å². The highest BCUT2D eigenvalue weighted by atomic mass is 16.5. The number of likely N-dealkylation sites (N-methyl/N-ethyl adjacent to an activating group) is 1. The maximum absolute atomic E-state index is 13.4. The highest BCUT2D eigenvalue weighted by molar-refractivity contribution is 6.15. The van der Waals surface area contributed by atoms with Crippen molar-refractivity contribution in [1.82, 2.24) is 9.80 Å². The number of nitrogens with zero attached hydrogens (tertiary/aromatic N) is 2. The molecule has 37 heavy (non-hydrogen) atoms. The number of methoxy groups -OCH3 is 1. The van der Waals surface area contributed by atoms with Crippen molar-refractivity contribution in [3.8, 4) is 11.5 Å². The maximum Gasteiger partial charge on any atom is 0.290 e. The van der Waals surface area contributed by atoms with E-state index in [0.29, 0.717) is 36.8 Å². The van der Waals surface area contributed by atoms with E-state index < -0.39 is 23.5 Å². The highest BCUT2D eigenvalue weighted by Crippen LogP contribution is 2.41. The van der Waals surface area contributed by atoms with Gasteiger partial charge >= 0.3 is 0 Å². The second kappa shape index (κ2) is 11.8. The average molecular weight is 505 g/mol. The van der Waals surface area contributed by atoms with E-state index in [0.717, 1.165) is 18.7 Å². The van der Waals surface area contributed by atoms with Gasteiger partial charge in [-0.25, -0.2) is 0 Å². The van der Waals surface area contributed by atoms with Crippen LogP contribution in [0.2, 0.25) is 0 Å². The Bertz CT molecular complexity index is 1250. The van der Waals surface area contributed by atoms with Gasteiger partial charge in [0.05, 0.1) is 25.0 Å². The fourth-order valence-electron chi connectivity index (χ4n) is 4.50. The number of aliphatic hydroxyl groups is 1. The first kappa shape index (κ1) is 26.0. The lowest BCUT2D eigenvalue weighted by Crippen LogP contribution is -2.38. The monoisotopic (exact) mass is 504 g/mol. The normalized spacial score (nSPS) is 15.5. The minimum atomic E-state index is -0.808. The minimum Gasteiger partial charge on any atom is -0.503 e. The molecule has 0 bridgehead atoms. The van der Waals surface area contributed by atoms with Gasteiger partial charge in [-0.2, -0.15) is 0 Å². The molecular weight excluding hydrogens is 472 g/mol. The molecule has 1 aromatic heterocycles. The first-order valence-electron chi connectivity index (χ1n) is 12.4. The Balaban J connectivity index is 1.68. The summed E-state index contributed by atoms with van der Waals surface area (Å²) in [6.45, 7) is 7.03. The number of carbonyl (C=O) groups excluding carboxylic acids is 2. The summed E-state index contributed by atoms with van der Waals surface area (Å²) in [5, 5.41) is 10.9. The number of hydrogen-bond donors (Lipinski definition) is 1. The zero-order valence-electron chi connectivity index (χ0n) is 21.3. The molecule has 8 nitrogen and oxygen atoms in total. The SMILES string of the molecule is CCN(CC)CCN1C(=O)C(O)=C(C(=O)c2ccco2)C1c1ccc(OCc2ccccc2)c(OC)c1. The second-order valence-electron chi connectivity index (χ2n) is 8.68. The summed E-state index contributed by atoms with van der Waals surface area (Å²) in [5.41, 5.74) is 1.62. The Hall–Kier alpha value is -4.04. The smallest absolute Gasteiger partial charge is 0.290 e. The van der Waals surface area contributed by atoms with E-state index >= 15 is 0 Å². The largest absolute Gasteiger partial charge is 0.503 e. The van der Waals surface area contributed by atoms with Crippen molar-refractivity contribution in [2.24, 2.45) is 0 Å². The maximum atomic E-state index is 13.4. The second-order valence-corrected chi connectivity index (χ2v) is 8.68. The molecule has 3 aromatic rings. The molecule has 0 radical (unpaired) electrons. The third-order valence-electron chi connectivity index (χ3n) is 6.59. The number of carbonyl (C=O) groups is 2. The van der Waals surface area contributed by atoms with E-state index in [1.54, 1.807) is 24.3 Å². The van der Waals surface area contributed by atoms with Gasteiger partial charge in [0.15, 0.2) is 23.0 Å². The first-order chi connectivity index (χ1) is 18.0. The number of hydrogen-bond acceptors (Lipinski definition) is 7. The van der Waals surface area contributed by atoms with E-state index in [2.05, 4.69) is 4.90 Å². The summed E-state index contributed by atoms with van der Waals surface area (Å²) in [6.07, 6.45) is 1.39. The van der Waals surface area contributed by atoms with Crippen LogP contribution in [0, 0.1) is 0 Å². The number of amides is 1. The lowest BCUT2D eigenvalue weighted by Gasteiger charge is -2.29. The van der Waals surface area contributed by atoms with Crippen LogP contribution in [0.4, 0.5) is 0 Å². The van der Waals surface area contributed by atoms with Crippen LogP contribution in [0.25, 0.3) is 0 Å². The minimum absolute atomic E-state index is 0.0143. The van der Waals surface area contributed by atoms with Crippen molar-refractivity contribution in [3.63, 3.8) is 0 Å². The average Bonchev–Trinajstić information content (AvgIpc) is 3.56. The van der Waals surface area contributed by atoms with E-state index in [1.807, 2.05) is 44.2 Å². The van der Waals surface area contributed by atoms with Gasteiger partial charge in [0, 0.05) is 13.1 Å². The molecule has 194 valence electrons. The first-order valence-corrected chi connectivity index (χ1v) is 12.4. The molecule has 0 saturated carbocycles. The van der Waals surface area contributed by atoms with Crippen LogP contribution in [0.15, 0.2) is 82.7 Å². The Morgan fingerprint density at radius 3 is 2.46 bits per heavy atom. The summed E-state index contributed by atoms with van der Waals surface area (Å²) in [6, 6.07) is 17.4. The molecule has 1 amide bonds. The van der Waals surface area contributed by atoms with E-state index in [-0.39, 0.29) is 11.3 Å². The predicted molar refractivity (Wildman–Crippen MR) is 139 cm³/mol. The molecule has 2 aromatic carbocycles. The molecule has 0 fully saturated rings. The summed E-state index contributed by atoms with van der Waals surface area (Å²) < 4.78 is 16.9. The lowest BCUT2D eigenvalue weighted by molar-refractivity contribution is -0.129. The molecule has 1 N–H and O–H groups in total. The van der Waals surface area contributed by atoms with Crippen LogP contribution >= 0.6 is 0 Å². The van der Waals surface area contributed by atoms with Crippen LogP contribution in [0.1, 0.15) is 41.6 Å². The number of rotatable bonds is 12. The highest BCUT2D eigenvalue weighted by Gasteiger charge is 2.44. The molecule has 1 unspecified atom stereocenters. The van der Waals surface area contributed by atoms with E-state index in [1.165, 1.54) is 24.3 Å². The fraction of sp³-hybridized carbons (Fsp3) is 0.310. The van der Waals surface area contributed by atoms with Crippen LogP contribution in [0.3, 0.4) is 0 Å². The molecule has 4 rings (SSSR count). The molecule has 1 aliphatic rings. The fourth-order valence-corrected chi connectivity index (χ4v) is 4.50. The zero-order valence-corrected chi connectivity index (χ0v) is 21.3. The number of benzene rings is 2. The summed E-state index contributed by atoms with van der Waals surface area (Å²) in [5.74, 6) is -0.638. The summed E-state index contributed by atoms with van der Waals surface area (Å²) in [4.78, 5) is 30.3. The topological polar surface area (TPSA) is 92.5 Å². The molecule has 2 heterocycles. The Kier molecular flexibility index (Phi) is 8.30. The quantitative estimate of drug-likeness (QED) is 0.355. The molecule has 0 saturated heterocycles. The van der Waals surface area contributed by atoms with Crippen molar-refractivity contribution >= 4 is 11.7 Å². The third kappa shape index (κ3) is 5.54. The van der Waals surface area contributed by atoms with Crippen molar-refractivity contribution in [2.75, 3.05) is 33.3 Å². The van der Waals surface area contributed by atoms with Crippen molar-refractivity contribution in [2.45, 2.75) is 26.5 Å². The van der Waals surface area contributed by atoms with Crippen LogP contribution in [-0.2, 0) is 11.4 Å². The molecule has 0 spiro atoms. The van der Waals surface area contributed by atoms with E-state index in [9.17, 15) is 14.7 Å². The lowest BCUT2D eigenvalue weighted by atomic mass is 9.94. The van der Waals surface area contributed by atoms with Crippen molar-refractivity contribution in [1.29, 1.82) is 0 Å². The molecule has 1 atom stereocenters. The summed E-state index contributed by atoms with van der Waals surface area (Å²) in [7, 11) is 1.54. The predicted octanol–water partition coefficient (Wildman–Crippen LogP) is 4.79. The molecule has 0 aliphatic carbocycles. The van der Waals surface area contributed by atoms with Gasteiger partial charge in [0.2, 0.25) is 5.78 Å². The van der Waals surface area contributed by atoms with Gasteiger partial charge < -0.3 is 28.8 Å². The van der Waals surface area contributed by atoms with Gasteiger partial charge in [0.25, 0.3) is 5.91 Å². The van der Waals surface area contributed by atoms with Crippen LogP contribution < -0.4 is 9.47 Å². The molecule has 8 heteroatoms. The van der Waals surface area contributed by atoms with Gasteiger partial charge in [-0.1, -0.05) is 50.2 Å². The zero-order chi connectivity index (χ0) is 26.4. The van der Waals surface area contributed by atoms with Gasteiger partial charge in [0.1, 0.15) is 6.61 Å². The molecular formula is C29H32N2O6. The van der Waals surface area contributed by atoms with Gasteiger partial charge in [-0.3, -0.25) is 9.59 Å². The van der Waals surface area contributed by atoms with Gasteiger partial charge in [-0.05, 0) is 48.5 Å². The number of furan rings is 1. The molecule has 1 aliphatic heterocycles. The third-order valence-corrected chi connectivity index (χ3v) is 6.59. The van der Waals surface area contributed by atoms with Crippen molar-refractivity contribution < 1.29 is 28.6 Å². The van der Waals surface area contributed by atoms with Gasteiger partial charge in [-0.15, -0.1) is 0 Å². The standard InChI is InChI=1S/C29H32N2O6/c1-4-30(5-2)15-16-31-26(25(28(33)29(31)34)27(32)23-12-9-17-36-23)21-13-14-22(24(18-21)35-3)37-19-20-10-7-6-8-11-20/h6-14,17-18,26,33H,4-5,15-16,19H2,1-3H3. The van der Waals surface area contributed by atoms with Crippen LogP contribution in [0.5, 0.6) is 11.5 Å². The number of Topliss-reactive ketones (excluding diaryl/α,β-unsaturated/α-hetero) is 1. The summed E-state index contributed by atoms with van der Waals surface area (Å²) >= 11 is 0. The van der Waals surface area contributed by atoms with E-state index in [4.69, 9.17) is 13.9 Å². The number of aliphatic hydroxyl groups excluding tert-OH is 1. The Morgan fingerprint density at radius 1 is 1.05 bits per heavy atom. The number of ketones is 1.